The second kappa shape index (κ2) is 7.99. The maximum absolute atomic E-state index is 12.8. The summed E-state index contributed by atoms with van der Waals surface area (Å²) in [7, 11) is 0. The third kappa shape index (κ3) is 4.01. The van der Waals surface area contributed by atoms with Gasteiger partial charge in [-0.1, -0.05) is 24.3 Å². The number of rotatable bonds is 4. The molecule has 1 atom stereocenters. The second-order valence-corrected chi connectivity index (χ2v) is 5.96. The fraction of sp³-hybridized carbons (Fsp3) is 0.211. The van der Waals surface area contributed by atoms with Crippen molar-refractivity contribution in [2.45, 2.75) is 6.04 Å². The highest BCUT2D eigenvalue weighted by Gasteiger charge is 2.29. The minimum atomic E-state index is -0.717. The lowest BCUT2D eigenvalue weighted by atomic mass is 9.95. The van der Waals surface area contributed by atoms with E-state index in [1.54, 1.807) is 0 Å². The van der Waals surface area contributed by atoms with Crippen LogP contribution in [0.3, 0.4) is 0 Å². The number of hydrogen-bond donors (Lipinski definition) is 2. The highest BCUT2D eigenvalue weighted by Crippen LogP contribution is 2.29. The van der Waals surface area contributed by atoms with Crippen molar-refractivity contribution in [2.24, 2.45) is 0 Å². The van der Waals surface area contributed by atoms with Crippen LogP contribution in [0.5, 0.6) is 0 Å². The zero-order valence-electron chi connectivity index (χ0n) is 13.9. The second-order valence-electron chi connectivity index (χ2n) is 5.96. The molecule has 0 spiro atoms. The van der Waals surface area contributed by atoms with Crippen molar-refractivity contribution < 1.29 is 18.8 Å². The van der Waals surface area contributed by atoms with E-state index in [0.717, 1.165) is 0 Å². The van der Waals surface area contributed by atoms with Crippen LogP contribution in [-0.4, -0.2) is 48.7 Å². The Morgan fingerprint density at radius 3 is 2.19 bits per heavy atom. The van der Waals surface area contributed by atoms with Gasteiger partial charge in [0.25, 0.3) is 5.91 Å². The standard InChI is InChI=1S/C13H14FN3O3.C6H4/c14-10-3-1-9(2-4-10)13(20)16-17-6-5-15-7-11(17)12(19)8-18;1-2-6-4-3-5(1)6/h1-4,8,11,15H,5-7H2,(H,16,20);1-4H. The Hall–Kier alpha value is -2.90. The maximum Gasteiger partial charge on any atom is 0.265 e. The Bertz CT molecular complexity index is 785. The smallest absolute Gasteiger partial charge is 0.265 e. The topological polar surface area (TPSA) is 78.5 Å². The van der Waals surface area contributed by atoms with Crippen LogP contribution in [0.15, 0.2) is 48.5 Å². The van der Waals surface area contributed by atoms with Crippen LogP contribution >= 0.6 is 0 Å². The quantitative estimate of drug-likeness (QED) is 0.543. The largest absolute Gasteiger partial charge is 0.313 e. The molecule has 1 fully saturated rings. The van der Waals surface area contributed by atoms with Crippen LogP contribution in [0.1, 0.15) is 10.4 Å². The normalized spacial score (nSPS) is 17.5. The number of halogens is 1. The van der Waals surface area contributed by atoms with Gasteiger partial charge in [-0.15, -0.1) is 0 Å². The van der Waals surface area contributed by atoms with Crippen molar-refractivity contribution in [1.82, 2.24) is 15.8 Å². The van der Waals surface area contributed by atoms with Crippen molar-refractivity contribution in [3.8, 4) is 11.1 Å². The summed E-state index contributed by atoms with van der Waals surface area (Å²) in [6.45, 7) is 1.28. The number of amides is 1. The summed E-state index contributed by atoms with van der Waals surface area (Å²) in [6.07, 6.45) is 0.245. The first kappa shape index (κ1) is 17.9. The van der Waals surface area contributed by atoms with E-state index in [1.807, 2.05) is 0 Å². The molecule has 3 aliphatic rings. The number of aldehydes is 1. The molecule has 1 aliphatic heterocycles. The van der Waals surface area contributed by atoms with Crippen molar-refractivity contribution in [3.63, 3.8) is 0 Å². The predicted molar refractivity (Wildman–Crippen MR) is 93.7 cm³/mol. The van der Waals surface area contributed by atoms with Gasteiger partial charge >= 0.3 is 0 Å². The van der Waals surface area contributed by atoms with E-state index in [0.29, 0.717) is 19.6 Å². The summed E-state index contributed by atoms with van der Waals surface area (Å²) >= 11 is 0. The first-order valence-corrected chi connectivity index (χ1v) is 8.22. The third-order valence-electron chi connectivity index (χ3n) is 4.26. The van der Waals surface area contributed by atoms with Gasteiger partial charge in [-0.05, 0) is 35.4 Å². The summed E-state index contributed by atoms with van der Waals surface area (Å²) < 4.78 is 12.8. The lowest BCUT2D eigenvalue weighted by molar-refractivity contribution is -0.134. The number of carbonyl (C=O) groups excluding carboxylic acids is 3. The van der Waals surface area contributed by atoms with Gasteiger partial charge in [0.2, 0.25) is 5.78 Å². The molecule has 0 radical (unpaired) electrons. The van der Waals surface area contributed by atoms with E-state index >= 15 is 0 Å². The Labute approximate surface area is 150 Å². The SMILES string of the molecule is O=CC(=O)C1CNCCN1NC(=O)c1ccc(F)cc1.c1cc2ccc1-2. The minimum absolute atomic E-state index is 0.245. The molecule has 26 heavy (non-hydrogen) atoms. The molecule has 1 saturated heterocycles. The molecule has 0 saturated carbocycles. The molecule has 0 aromatic heterocycles. The van der Waals surface area contributed by atoms with E-state index < -0.39 is 23.5 Å². The molecule has 0 bridgehead atoms. The Kier molecular flexibility index (Phi) is 5.50. The molecular weight excluding hydrogens is 337 g/mol. The molecule has 1 unspecified atom stereocenters. The summed E-state index contributed by atoms with van der Waals surface area (Å²) in [6, 6.07) is 12.8. The van der Waals surface area contributed by atoms with E-state index in [4.69, 9.17) is 0 Å². The van der Waals surface area contributed by atoms with Gasteiger partial charge in [0.15, 0.2) is 6.29 Å². The number of nitrogens with zero attached hydrogens (tertiary/aromatic N) is 1. The number of hydrogen-bond acceptors (Lipinski definition) is 5. The van der Waals surface area contributed by atoms with Gasteiger partial charge in [-0.3, -0.25) is 19.8 Å². The Morgan fingerprint density at radius 2 is 1.69 bits per heavy atom. The maximum atomic E-state index is 12.8. The summed E-state index contributed by atoms with van der Waals surface area (Å²) in [5, 5.41) is 4.41. The van der Waals surface area contributed by atoms with Gasteiger partial charge in [0.1, 0.15) is 11.9 Å². The van der Waals surface area contributed by atoms with E-state index in [-0.39, 0.29) is 11.8 Å². The fourth-order valence-electron chi connectivity index (χ4n) is 2.63. The molecule has 4 rings (SSSR count). The van der Waals surface area contributed by atoms with Crippen LogP contribution in [0.25, 0.3) is 11.1 Å². The molecule has 1 aromatic carbocycles. The highest BCUT2D eigenvalue weighted by atomic mass is 19.1. The van der Waals surface area contributed by atoms with Crippen molar-refractivity contribution >= 4 is 18.0 Å². The van der Waals surface area contributed by atoms with Crippen LogP contribution in [-0.2, 0) is 9.59 Å². The first-order valence-electron chi connectivity index (χ1n) is 8.22. The summed E-state index contributed by atoms with van der Waals surface area (Å²) in [5.41, 5.74) is 5.70. The van der Waals surface area contributed by atoms with Gasteiger partial charge in [-0.25, -0.2) is 9.40 Å². The fourth-order valence-corrected chi connectivity index (χ4v) is 2.63. The van der Waals surface area contributed by atoms with Gasteiger partial charge in [0, 0.05) is 25.2 Å². The van der Waals surface area contributed by atoms with Gasteiger partial charge < -0.3 is 5.32 Å². The average molecular weight is 355 g/mol. The number of Topliss-reactive ketones (excluding diaryl/α,β-unsaturated/α-hetero) is 1. The number of benzene rings is 2. The number of fused-ring (bicyclic) bond motifs is 1. The number of piperazine rings is 1. The molecule has 7 heteroatoms. The number of hydrazine groups is 1. The molecule has 1 amide bonds. The van der Waals surface area contributed by atoms with E-state index in [2.05, 4.69) is 35.0 Å². The molecule has 6 nitrogen and oxygen atoms in total. The average Bonchev–Trinajstić information content (AvgIpc) is 2.65. The van der Waals surface area contributed by atoms with Crippen LogP contribution < -0.4 is 10.7 Å². The Balaban J connectivity index is 0.000000269. The summed E-state index contributed by atoms with van der Waals surface area (Å²) in [5.74, 6) is -1.48. The number of nitrogens with one attached hydrogen (secondary N) is 2. The van der Waals surface area contributed by atoms with E-state index in [9.17, 15) is 18.8 Å². The lowest BCUT2D eigenvalue weighted by Gasteiger charge is -2.34. The van der Waals surface area contributed by atoms with Crippen LogP contribution in [0, 0.1) is 5.82 Å². The van der Waals surface area contributed by atoms with Gasteiger partial charge in [-0.2, -0.15) is 0 Å². The van der Waals surface area contributed by atoms with Crippen molar-refractivity contribution in [2.75, 3.05) is 19.6 Å². The third-order valence-corrected chi connectivity index (χ3v) is 4.26. The van der Waals surface area contributed by atoms with Crippen molar-refractivity contribution in [3.05, 3.63) is 59.9 Å². The summed E-state index contributed by atoms with van der Waals surface area (Å²) in [4.78, 5) is 34.1. The molecular formula is C19H18FN3O3. The lowest BCUT2D eigenvalue weighted by Crippen LogP contribution is -2.61. The van der Waals surface area contributed by atoms with Crippen LogP contribution in [0.2, 0.25) is 0 Å². The monoisotopic (exact) mass is 355 g/mol. The number of ketones is 1. The molecule has 2 N–H and O–H groups in total. The molecule has 1 aromatic rings. The molecule has 134 valence electrons. The zero-order valence-corrected chi connectivity index (χ0v) is 13.9. The zero-order chi connectivity index (χ0) is 18.5. The van der Waals surface area contributed by atoms with E-state index in [1.165, 1.54) is 40.4 Å². The minimum Gasteiger partial charge on any atom is -0.313 e. The first-order chi connectivity index (χ1) is 12.6. The Morgan fingerprint density at radius 1 is 1.08 bits per heavy atom. The molecule has 1 heterocycles. The highest BCUT2D eigenvalue weighted by molar-refractivity contribution is 6.27. The predicted octanol–water partition coefficient (Wildman–Crippen LogP) is 1.18. The van der Waals surface area contributed by atoms with Crippen LogP contribution in [0.4, 0.5) is 4.39 Å². The molecule has 2 aliphatic carbocycles. The van der Waals surface area contributed by atoms with Gasteiger partial charge in [0.05, 0.1) is 0 Å². The van der Waals surface area contributed by atoms with Crippen molar-refractivity contribution in [1.29, 1.82) is 0 Å². The number of carbonyl (C=O) groups is 3.